The Bertz CT molecular complexity index is 921. The molecule has 0 atom stereocenters. The summed E-state index contributed by atoms with van der Waals surface area (Å²) in [6, 6.07) is 22.0. The SMILES string of the molecule is CN(C)c1ccc(/C=C/c2cccc(/C=C/c3ccc(N(C)C)cc3)[n+]2[O-])cc1. The molecular weight excluding hydrogens is 358 g/mol. The minimum Gasteiger partial charge on any atom is -0.618 e. The minimum atomic E-state index is 0.604. The molecule has 0 N–H and O–H groups in total. The van der Waals surface area contributed by atoms with E-state index in [1.807, 2.05) is 95.0 Å². The van der Waals surface area contributed by atoms with E-state index in [-0.39, 0.29) is 0 Å². The Morgan fingerprint density at radius 2 is 0.966 bits per heavy atom. The number of hydrogen-bond acceptors (Lipinski definition) is 3. The zero-order valence-corrected chi connectivity index (χ0v) is 17.4. The van der Waals surface area contributed by atoms with Crippen molar-refractivity contribution in [2.45, 2.75) is 0 Å². The molecule has 0 spiro atoms. The van der Waals surface area contributed by atoms with Crippen LogP contribution in [-0.2, 0) is 0 Å². The van der Waals surface area contributed by atoms with Crippen LogP contribution in [0.4, 0.5) is 11.4 Å². The molecule has 4 nitrogen and oxygen atoms in total. The largest absolute Gasteiger partial charge is 0.618 e. The van der Waals surface area contributed by atoms with E-state index in [4.69, 9.17) is 0 Å². The normalized spacial score (nSPS) is 11.3. The van der Waals surface area contributed by atoms with Crippen LogP contribution in [0.2, 0.25) is 0 Å². The van der Waals surface area contributed by atoms with Gasteiger partial charge in [-0.25, -0.2) is 0 Å². The van der Waals surface area contributed by atoms with Gasteiger partial charge in [0.2, 0.25) is 11.4 Å². The first-order valence-electron chi connectivity index (χ1n) is 9.57. The Hall–Kier alpha value is -3.53. The van der Waals surface area contributed by atoms with Crippen molar-refractivity contribution in [1.82, 2.24) is 0 Å². The fraction of sp³-hybridized carbons (Fsp3) is 0.160. The van der Waals surface area contributed by atoms with Crippen molar-refractivity contribution in [3.8, 4) is 0 Å². The molecule has 0 aliphatic carbocycles. The molecule has 0 aliphatic rings. The number of anilines is 2. The van der Waals surface area contributed by atoms with E-state index in [1.54, 1.807) is 0 Å². The summed E-state index contributed by atoms with van der Waals surface area (Å²) in [6.07, 6.45) is 7.61. The van der Waals surface area contributed by atoms with Crippen LogP contribution in [0.3, 0.4) is 0 Å². The fourth-order valence-corrected chi connectivity index (χ4v) is 2.91. The second-order valence-electron chi connectivity index (χ2n) is 7.31. The van der Waals surface area contributed by atoms with Crippen LogP contribution in [-0.4, -0.2) is 28.2 Å². The van der Waals surface area contributed by atoms with Crippen LogP contribution in [0.1, 0.15) is 22.5 Å². The quantitative estimate of drug-likeness (QED) is 0.452. The summed E-state index contributed by atoms with van der Waals surface area (Å²) in [5.41, 5.74) is 5.60. The van der Waals surface area contributed by atoms with E-state index in [1.165, 1.54) is 0 Å². The number of benzene rings is 2. The van der Waals surface area contributed by atoms with Gasteiger partial charge in [0.15, 0.2) is 0 Å². The third-order valence-corrected chi connectivity index (χ3v) is 4.72. The maximum Gasteiger partial charge on any atom is 0.217 e. The molecule has 0 radical (unpaired) electrons. The highest BCUT2D eigenvalue weighted by molar-refractivity contribution is 5.70. The van der Waals surface area contributed by atoms with Crippen molar-refractivity contribution < 1.29 is 4.73 Å². The van der Waals surface area contributed by atoms with E-state index >= 15 is 0 Å². The predicted molar refractivity (Wildman–Crippen MR) is 125 cm³/mol. The molecule has 2 aromatic carbocycles. The lowest BCUT2D eigenvalue weighted by Crippen LogP contribution is -2.33. The van der Waals surface area contributed by atoms with Crippen molar-refractivity contribution in [2.24, 2.45) is 0 Å². The highest BCUT2D eigenvalue weighted by Crippen LogP contribution is 2.15. The van der Waals surface area contributed by atoms with Crippen LogP contribution in [0, 0.1) is 5.21 Å². The van der Waals surface area contributed by atoms with E-state index in [0.29, 0.717) is 11.4 Å². The fourth-order valence-electron chi connectivity index (χ4n) is 2.91. The first-order chi connectivity index (χ1) is 13.9. The molecule has 0 unspecified atom stereocenters. The smallest absolute Gasteiger partial charge is 0.217 e. The van der Waals surface area contributed by atoms with Crippen LogP contribution in [0.25, 0.3) is 24.3 Å². The summed E-state index contributed by atoms with van der Waals surface area (Å²) >= 11 is 0. The first-order valence-corrected chi connectivity index (χ1v) is 9.57. The molecule has 29 heavy (non-hydrogen) atoms. The highest BCUT2D eigenvalue weighted by Gasteiger charge is 2.06. The molecule has 0 saturated heterocycles. The molecule has 1 aromatic heterocycles. The van der Waals surface area contributed by atoms with Gasteiger partial charge in [-0.1, -0.05) is 24.3 Å². The van der Waals surface area contributed by atoms with Crippen LogP contribution < -0.4 is 14.5 Å². The van der Waals surface area contributed by atoms with E-state index < -0.39 is 0 Å². The zero-order chi connectivity index (χ0) is 20.8. The molecule has 3 aromatic rings. The summed E-state index contributed by atoms with van der Waals surface area (Å²) < 4.78 is 0.954. The second-order valence-corrected chi connectivity index (χ2v) is 7.31. The highest BCUT2D eigenvalue weighted by atomic mass is 16.5. The Morgan fingerprint density at radius 1 is 0.586 bits per heavy atom. The van der Waals surface area contributed by atoms with Crippen LogP contribution in [0.15, 0.2) is 66.7 Å². The van der Waals surface area contributed by atoms with Gasteiger partial charge in [0.1, 0.15) is 0 Å². The van der Waals surface area contributed by atoms with E-state index in [9.17, 15) is 5.21 Å². The van der Waals surface area contributed by atoms with Gasteiger partial charge in [0.25, 0.3) is 0 Å². The topological polar surface area (TPSA) is 33.4 Å². The summed E-state index contributed by atoms with van der Waals surface area (Å²) in [7, 11) is 8.06. The van der Waals surface area contributed by atoms with Gasteiger partial charge in [-0.05, 0) is 53.6 Å². The Labute approximate surface area is 173 Å². The van der Waals surface area contributed by atoms with Crippen LogP contribution >= 0.6 is 0 Å². The van der Waals surface area contributed by atoms with Gasteiger partial charge in [-0.15, -0.1) is 0 Å². The zero-order valence-electron chi connectivity index (χ0n) is 17.4. The van der Waals surface area contributed by atoms with Gasteiger partial charge >= 0.3 is 0 Å². The maximum atomic E-state index is 12.7. The molecular formula is C25H27N3O. The monoisotopic (exact) mass is 385 g/mol. The van der Waals surface area contributed by atoms with E-state index in [0.717, 1.165) is 27.2 Å². The molecule has 1 heterocycles. The average Bonchev–Trinajstić information content (AvgIpc) is 2.72. The Morgan fingerprint density at radius 3 is 1.31 bits per heavy atom. The summed E-state index contributed by atoms with van der Waals surface area (Å²) in [6.45, 7) is 0. The molecule has 4 heteroatoms. The third-order valence-electron chi connectivity index (χ3n) is 4.72. The second kappa shape index (κ2) is 9.11. The molecule has 0 bridgehead atoms. The first kappa shape index (κ1) is 20.2. The molecule has 0 aliphatic heterocycles. The van der Waals surface area contributed by atoms with Gasteiger partial charge in [0.05, 0.1) is 0 Å². The predicted octanol–water partition coefficient (Wildman–Crippen LogP) is 4.79. The third kappa shape index (κ3) is 5.26. The van der Waals surface area contributed by atoms with E-state index in [2.05, 4.69) is 34.1 Å². The number of hydrogen-bond donors (Lipinski definition) is 0. The molecule has 148 valence electrons. The van der Waals surface area contributed by atoms with Gasteiger partial charge in [-0.3, -0.25) is 0 Å². The average molecular weight is 386 g/mol. The number of pyridine rings is 1. The molecule has 0 fully saturated rings. The van der Waals surface area contributed by atoms with Gasteiger partial charge in [0, 0.05) is 63.9 Å². The van der Waals surface area contributed by atoms with Gasteiger partial charge in [-0.2, -0.15) is 4.73 Å². The van der Waals surface area contributed by atoms with Crippen LogP contribution in [0.5, 0.6) is 0 Å². The molecule has 0 saturated carbocycles. The number of nitrogens with zero attached hydrogens (tertiary/aromatic N) is 3. The summed E-state index contributed by atoms with van der Waals surface area (Å²) in [4.78, 5) is 4.12. The lowest BCUT2D eigenvalue weighted by Gasteiger charge is -2.11. The maximum absolute atomic E-state index is 12.7. The standard InChI is InChI=1S/C25H27N3O/c1-26(2)22-14-8-20(9-15-22)12-18-24-6-5-7-25(28(24)29)19-13-21-10-16-23(17-11-21)27(3)4/h5-19H,1-4H3/b18-12+,19-13+. The van der Waals surface area contributed by atoms with Crippen molar-refractivity contribution >= 4 is 35.7 Å². The Kier molecular flexibility index (Phi) is 6.35. The van der Waals surface area contributed by atoms with Gasteiger partial charge < -0.3 is 15.0 Å². The summed E-state index contributed by atoms with van der Waals surface area (Å²) in [5, 5.41) is 12.7. The molecule has 0 amide bonds. The Balaban J connectivity index is 1.76. The van der Waals surface area contributed by atoms with Crippen molar-refractivity contribution in [2.75, 3.05) is 38.0 Å². The summed E-state index contributed by atoms with van der Waals surface area (Å²) in [5.74, 6) is 0. The van der Waals surface area contributed by atoms with Crippen molar-refractivity contribution in [1.29, 1.82) is 0 Å². The van der Waals surface area contributed by atoms with Crippen molar-refractivity contribution in [3.05, 3.63) is 94.5 Å². The lowest BCUT2D eigenvalue weighted by molar-refractivity contribution is -0.609. The minimum absolute atomic E-state index is 0.604. The van der Waals surface area contributed by atoms with Crippen molar-refractivity contribution in [3.63, 3.8) is 0 Å². The number of rotatable bonds is 6. The lowest BCUT2D eigenvalue weighted by atomic mass is 10.1. The number of aromatic nitrogens is 1. The molecule has 3 rings (SSSR count).